The average molecular weight is 398 g/mol. The Morgan fingerprint density at radius 1 is 1.26 bits per heavy atom. The first-order valence-electron chi connectivity index (χ1n) is 6.62. The standard InChI is InChI=1S/C16H14BrClN2O3/c1-22-15-8-12(17)4-7-14(15)23-10-16(21)20-19-9-11-2-5-13(18)6-3-11/h2-9H,10H2,1H3,(H,20,21)/b19-9-. The first-order valence-corrected chi connectivity index (χ1v) is 7.79. The zero-order valence-electron chi connectivity index (χ0n) is 12.3. The lowest BCUT2D eigenvalue weighted by Crippen LogP contribution is -2.24. The van der Waals surface area contributed by atoms with Gasteiger partial charge in [-0.2, -0.15) is 5.10 Å². The van der Waals surface area contributed by atoms with E-state index < -0.39 is 0 Å². The minimum Gasteiger partial charge on any atom is -0.493 e. The van der Waals surface area contributed by atoms with Crippen LogP contribution in [0, 0.1) is 0 Å². The predicted molar refractivity (Wildman–Crippen MR) is 93.4 cm³/mol. The van der Waals surface area contributed by atoms with Crippen molar-refractivity contribution >= 4 is 39.7 Å². The SMILES string of the molecule is COc1cc(Br)ccc1OCC(=O)N/N=C\c1ccc(Cl)cc1. The van der Waals surface area contributed by atoms with E-state index in [9.17, 15) is 4.79 Å². The smallest absolute Gasteiger partial charge is 0.277 e. The Labute approximate surface area is 147 Å². The van der Waals surface area contributed by atoms with Gasteiger partial charge >= 0.3 is 0 Å². The Hall–Kier alpha value is -2.05. The number of methoxy groups -OCH3 is 1. The summed E-state index contributed by atoms with van der Waals surface area (Å²) >= 11 is 9.12. The summed E-state index contributed by atoms with van der Waals surface area (Å²) in [7, 11) is 1.53. The number of benzene rings is 2. The van der Waals surface area contributed by atoms with Gasteiger partial charge < -0.3 is 9.47 Å². The molecule has 23 heavy (non-hydrogen) atoms. The minimum absolute atomic E-state index is 0.171. The molecule has 0 aliphatic rings. The molecule has 2 aromatic carbocycles. The number of nitrogens with one attached hydrogen (secondary N) is 1. The van der Waals surface area contributed by atoms with Gasteiger partial charge in [-0.1, -0.05) is 39.7 Å². The van der Waals surface area contributed by atoms with Crippen molar-refractivity contribution in [2.24, 2.45) is 5.10 Å². The van der Waals surface area contributed by atoms with Crippen molar-refractivity contribution < 1.29 is 14.3 Å². The maximum atomic E-state index is 11.7. The zero-order chi connectivity index (χ0) is 16.7. The van der Waals surface area contributed by atoms with E-state index in [1.165, 1.54) is 13.3 Å². The molecule has 0 aromatic heterocycles. The van der Waals surface area contributed by atoms with Crippen molar-refractivity contribution in [1.29, 1.82) is 0 Å². The van der Waals surface area contributed by atoms with Gasteiger partial charge in [-0.3, -0.25) is 4.79 Å². The lowest BCUT2D eigenvalue weighted by Gasteiger charge is -2.10. The third-order valence-electron chi connectivity index (χ3n) is 2.76. The summed E-state index contributed by atoms with van der Waals surface area (Å²) in [6, 6.07) is 12.3. The summed E-state index contributed by atoms with van der Waals surface area (Å²) in [4.78, 5) is 11.7. The Bertz CT molecular complexity index is 705. The first-order chi connectivity index (χ1) is 11.1. The molecule has 0 aliphatic heterocycles. The molecular formula is C16H14BrClN2O3. The van der Waals surface area contributed by atoms with E-state index >= 15 is 0 Å². The molecule has 0 fully saturated rings. The predicted octanol–water partition coefficient (Wildman–Crippen LogP) is 3.64. The van der Waals surface area contributed by atoms with Crippen LogP contribution in [0.4, 0.5) is 0 Å². The Kier molecular flexibility index (Phi) is 6.43. The summed E-state index contributed by atoms with van der Waals surface area (Å²) in [5, 5.41) is 4.50. The average Bonchev–Trinajstić information content (AvgIpc) is 2.55. The van der Waals surface area contributed by atoms with Crippen LogP contribution in [-0.4, -0.2) is 25.8 Å². The highest BCUT2D eigenvalue weighted by Crippen LogP contribution is 2.29. The van der Waals surface area contributed by atoms with Gasteiger partial charge in [-0.05, 0) is 35.9 Å². The molecule has 1 amide bonds. The number of carbonyl (C=O) groups is 1. The molecule has 5 nitrogen and oxygen atoms in total. The third kappa shape index (κ3) is 5.58. The molecule has 7 heteroatoms. The van der Waals surface area contributed by atoms with Crippen LogP contribution in [0.5, 0.6) is 11.5 Å². The normalized spacial score (nSPS) is 10.6. The van der Waals surface area contributed by atoms with E-state index in [2.05, 4.69) is 26.5 Å². The molecule has 0 atom stereocenters. The second-order valence-corrected chi connectivity index (χ2v) is 5.78. The van der Waals surface area contributed by atoms with Gasteiger partial charge in [0.1, 0.15) is 0 Å². The topological polar surface area (TPSA) is 59.9 Å². The summed E-state index contributed by atoms with van der Waals surface area (Å²) in [6.07, 6.45) is 1.52. The number of hydrogen-bond donors (Lipinski definition) is 1. The molecule has 0 saturated carbocycles. The summed E-state index contributed by atoms with van der Waals surface area (Å²) in [6.45, 7) is -0.171. The third-order valence-corrected chi connectivity index (χ3v) is 3.50. The van der Waals surface area contributed by atoms with Crippen LogP contribution >= 0.6 is 27.5 Å². The van der Waals surface area contributed by atoms with Gasteiger partial charge in [-0.25, -0.2) is 5.43 Å². The molecule has 2 aromatic rings. The van der Waals surface area contributed by atoms with Crippen molar-refractivity contribution in [3.63, 3.8) is 0 Å². The van der Waals surface area contributed by atoms with E-state index in [1.807, 2.05) is 0 Å². The van der Waals surface area contributed by atoms with Crippen molar-refractivity contribution in [2.75, 3.05) is 13.7 Å². The highest BCUT2D eigenvalue weighted by Gasteiger charge is 2.07. The Morgan fingerprint density at radius 2 is 2.00 bits per heavy atom. The largest absolute Gasteiger partial charge is 0.493 e. The second-order valence-electron chi connectivity index (χ2n) is 4.43. The molecule has 0 unspecified atom stereocenters. The zero-order valence-corrected chi connectivity index (χ0v) is 14.6. The van der Waals surface area contributed by atoms with E-state index in [1.54, 1.807) is 42.5 Å². The highest BCUT2D eigenvalue weighted by atomic mass is 79.9. The molecule has 0 aliphatic carbocycles. The van der Waals surface area contributed by atoms with Crippen LogP contribution < -0.4 is 14.9 Å². The van der Waals surface area contributed by atoms with Crippen LogP contribution in [0.3, 0.4) is 0 Å². The monoisotopic (exact) mass is 396 g/mol. The van der Waals surface area contributed by atoms with Gasteiger partial charge in [0, 0.05) is 9.50 Å². The minimum atomic E-state index is -0.375. The number of hydrogen-bond acceptors (Lipinski definition) is 4. The lowest BCUT2D eigenvalue weighted by atomic mass is 10.2. The molecule has 0 heterocycles. The lowest BCUT2D eigenvalue weighted by molar-refractivity contribution is -0.123. The van der Waals surface area contributed by atoms with E-state index in [-0.39, 0.29) is 12.5 Å². The Balaban J connectivity index is 1.84. The van der Waals surface area contributed by atoms with Crippen LogP contribution in [0.25, 0.3) is 0 Å². The fourth-order valence-corrected chi connectivity index (χ4v) is 2.13. The summed E-state index contributed by atoms with van der Waals surface area (Å²) in [5.74, 6) is 0.643. The molecule has 2 rings (SSSR count). The number of rotatable bonds is 6. The number of amides is 1. The quantitative estimate of drug-likeness (QED) is 0.598. The first kappa shape index (κ1) is 17.3. The molecule has 1 N–H and O–H groups in total. The number of nitrogens with zero attached hydrogens (tertiary/aromatic N) is 1. The maximum Gasteiger partial charge on any atom is 0.277 e. The van der Waals surface area contributed by atoms with Crippen LogP contribution in [0.2, 0.25) is 5.02 Å². The van der Waals surface area contributed by atoms with E-state index in [0.717, 1.165) is 10.0 Å². The van der Waals surface area contributed by atoms with Gasteiger partial charge in [0.05, 0.1) is 13.3 Å². The summed E-state index contributed by atoms with van der Waals surface area (Å²) in [5.41, 5.74) is 3.21. The second kappa shape index (κ2) is 8.55. The molecule has 120 valence electrons. The van der Waals surface area contributed by atoms with Gasteiger partial charge in [0.2, 0.25) is 0 Å². The van der Waals surface area contributed by atoms with Crippen molar-refractivity contribution in [3.8, 4) is 11.5 Å². The molecule has 0 radical (unpaired) electrons. The van der Waals surface area contributed by atoms with E-state index in [4.69, 9.17) is 21.1 Å². The van der Waals surface area contributed by atoms with Gasteiger partial charge in [0.15, 0.2) is 18.1 Å². The summed E-state index contributed by atoms with van der Waals surface area (Å²) < 4.78 is 11.5. The van der Waals surface area contributed by atoms with Crippen molar-refractivity contribution in [2.45, 2.75) is 0 Å². The molecular weight excluding hydrogens is 384 g/mol. The molecule has 0 saturated heterocycles. The molecule has 0 bridgehead atoms. The maximum absolute atomic E-state index is 11.7. The van der Waals surface area contributed by atoms with Crippen molar-refractivity contribution in [3.05, 3.63) is 57.5 Å². The number of halogens is 2. The number of carbonyl (C=O) groups excluding carboxylic acids is 1. The number of ether oxygens (including phenoxy) is 2. The van der Waals surface area contributed by atoms with Crippen LogP contribution in [0.15, 0.2) is 52.0 Å². The van der Waals surface area contributed by atoms with Crippen LogP contribution in [0.1, 0.15) is 5.56 Å². The fraction of sp³-hybridized carbons (Fsp3) is 0.125. The van der Waals surface area contributed by atoms with Crippen molar-refractivity contribution in [1.82, 2.24) is 5.43 Å². The highest BCUT2D eigenvalue weighted by molar-refractivity contribution is 9.10. The van der Waals surface area contributed by atoms with Gasteiger partial charge in [-0.15, -0.1) is 0 Å². The fourth-order valence-electron chi connectivity index (χ4n) is 1.66. The van der Waals surface area contributed by atoms with E-state index in [0.29, 0.717) is 16.5 Å². The number of hydrazone groups is 1. The van der Waals surface area contributed by atoms with Crippen LogP contribution in [-0.2, 0) is 4.79 Å². The van der Waals surface area contributed by atoms with Gasteiger partial charge in [0.25, 0.3) is 5.91 Å². The Morgan fingerprint density at radius 3 is 2.70 bits per heavy atom. The molecule has 0 spiro atoms.